The number of amides is 1. The van der Waals surface area contributed by atoms with Crippen molar-refractivity contribution in [1.29, 1.82) is 0 Å². The molecule has 0 spiro atoms. The molecule has 143 heavy (non-hydrogen) atoms. The number of carbonyl (C=O) groups excluding carboxylic acids is 2. The van der Waals surface area contributed by atoms with Crippen LogP contribution in [0.2, 0.25) is 0 Å². The van der Waals surface area contributed by atoms with Crippen LogP contribution in [0.4, 0.5) is 17.1 Å². The molecular weight excluding hydrogens is 1890 g/mol. The third kappa shape index (κ3) is 24.9. The second-order valence-corrected chi connectivity index (χ2v) is 38.2. The van der Waals surface area contributed by atoms with Crippen LogP contribution < -0.4 is 55.9 Å². The summed E-state index contributed by atoms with van der Waals surface area (Å²) in [4.78, 5) is 93.6. The smallest absolute Gasteiger partial charge is 0.363 e. The Morgan fingerprint density at radius 2 is 0.748 bits per heavy atom. The molecule has 7 aromatic heterocycles. The van der Waals surface area contributed by atoms with Gasteiger partial charge in [0.2, 0.25) is 17.5 Å². The number of hydrogen-bond acceptors (Lipinski definition) is 38. The first-order valence-corrected chi connectivity index (χ1v) is 49.9. The van der Waals surface area contributed by atoms with Crippen LogP contribution in [0.3, 0.4) is 0 Å². The molecule has 3 aliphatic rings. The molecule has 3 aliphatic heterocycles. The summed E-state index contributed by atoms with van der Waals surface area (Å²) in [6.45, 7) is 20.6. The quantitative estimate of drug-likeness (QED) is 0.0235. The van der Waals surface area contributed by atoms with Crippen LogP contribution in [0.15, 0.2) is 253 Å². The number of carbonyl (C=O) groups is 2. The van der Waals surface area contributed by atoms with Crippen molar-refractivity contribution in [1.82, 2.24) is 40.0 Å². The number of anilines is 3. The molecule has 0 saturated heterocycles. The van der Waals surface area contributed by atoms with Crippen molar-refractivity contribution >= 4 is 127 Å². The van der Waals surface area contributed by atoms with Crippen molar-refractivity contribution in [3.63, 3.8) is 0 Å². The van der Waals surface area contributed by atoms with Crippen LogP contribution >= 0.6 is 34.0 Å². The summed E-state index contributed by atoms with van der Waals surface area (Å²) in [6.07, 6.45) is 0. The van der Waals surface area contributed by atoms with Crippen molar-refractivity contribution in [2.75, 3.05) is 173 Å². The van der Waals surface area contributed by atoms with Crippen LogP contribution in [-0.4, -0.2) is 251 Å². The van der Waals surface area contributed by atoms with E-state index in [9.17, 15) is 34.2 Å². The van der Waals surface area contributed by atoms with E-state index >= 15 is 0 Å². The van der Waals surface area contributed by atoms with Crippen LogP contribution in [0, 0.1) is 0 Å². The van der Waals surface area contributed by atoms with Crippen LogP contribution in [0.1, 0.15) is 67.8 Å². The summed E-state index contributed by atoms with van der Waals surface area (Å²) in [6, 6.07) is 58.2. The summed E-state index contributed by atoms with van der Waals surface area (Å²) in [5, 5.41) is 60.3. The normalized spacial score (nSPS) is 14.7. The van der Waals surface area contributed by atoms with Gasteiger partial charge in [-0.3, -0.25) is 19.8 Å². The van der Waals surface area contributed by atoms with Crippen molar-refractivity contribution in [3.8, 4) is 60.7 Å². The highest BCUT2D eigenvalue weighted by molar-refractivity contribution is 7.22. The van der Waals surface area contributed by atoms with E-state index in [1.54, 1.807) is 24.3 Å². The molecule has 3 atom stereocenters. The molecule has 40 heteroatoms. The fraction of sp³-hybridized carbons (Fsp3) is 0.359. The topological polar surface area (TPSA) is 407 Å². The number of nitrogens with zero attached hydrogens (tertiary/aromatic N) is 16. The molecule has 0 fully saturated rings. The van der Waals surface area contributed by atoms with Gasteiger partial charge in [-0.15, -0.1) is 38.7 Å². The highest BCUT2D eigenvalue weighted by Crippen LogP contribution is 2.41. The number of fused-ring (bicyclic) bond motifs is 6. The van der Waals surface area contributed by atoms with Gasteiger partial charge < -0.3 is 91.0 Å². The lowest BCUT2D eigenvalue weighted by molar-refractivity contribution is 0.0254. The third-order valence-corrected chi connectivity index (χ3v) is 27.3. The van der Waals surface area contributed by atoms with Gasteiger partial charge in [-0.25, -0.2) is 34.1 Å². The lowest BCUT2D eigenvalue weighted by Crippen LogP contribution is -2.39. The van der Waals surface area contributed by atoms with E-state index in [0.29, 0.717) is 137 Å². The monoisotopic (exact) mass is 2000 g/mol. The Bertz CT molecular complexity index is 6900. The van der Waals surface area contributed by atoms with Crippen molar-refractivity contribution in [3.05, 3.63) is 242 Å². The van der Waals surface area contributed by atoms with Gasteiger partial charge in [0.15, 0.2) is 11.5 Å². The van der Waals surface area contributed by atoms with E-state index in [-0.39, 0.29) is 150 Å². The zero-order valence-corrected chi connectivity index (χ0v) is 82.2. The van der Waals surface area contributed by atoms with Gasteiger partial charge in [0.25, 0.3) is 5.91 Å². The van der Waals surface area contributed by atoms with Crippen molar-refractivity contribution in [2.45, 2.75) is 84.3 Å². The van der Waals surface area contributed by atoms with Gasteiger partial charge in [-0.1, -0.05) is 64.2 Å². The Morgan fingerprint density at radius 1 is 0.406 bits per heavy atom. The van der Waals surface area contributed by atoms with Gasteiger partial charge >= 0.3 is 22.8 Å². The number of para-hydroxylation sites is 3. The molecule has 3 N–H and O–H groups in total. The fourth-order valence-electron chi connectivity index (χ4n) is 16.7. The Balaban J connectivity index is 0.474. The molecule has 0 radical (unpaired) electrons. The standard InChI is InChI=1S/C103H109N17O20S3/c1-64(2)117(76-26-23-69-49-79(101(125)137-85(69)54-76)97-105-82-13-7-10-16-90(82)141-97)61-73-58-114(111-108-73)31-34-128-37-40-131-43-46-134-88-52-72(96(123)104-57-67-19-21-68(22-20-67)100(124)140-120-93(121)29-30-94(120)122)53-89(135-47-44-132-41-38-129-35-32-115-59-74(109-112-115)62-118(65(3)4)77-27-24-70-50-80(102(126)138-86(70)55-77)98-106-83-14-8-11-17-91(83)142-98)95(88)136-48-45-133-42-39-130-36-33-116-60-75(110-113-116)63-119(66(5)6)78-28-25-71-51-81(103(127)139-87(71)56-78)99-107-84-15-9-12-18-92(84)143-99/h7-30,49-56,64-66,73-75,121-122H,31-48,57-63H2,1-6H3,(H,104,123). The maximum absolute atomic E-state index is 14.4. The molecule has 0 saturated carbocycles. The number of aromatic nitrogens is 4. The molecule has 3 unspecified atom stereocenters. The first-order valence-electron chi connectivity index (χ1n) is 47.5. The van der Waals surface area contributed by atoms with Gasteiger partial charge in [0.05, 0.1) is 171 Å². The predicted octanol–water partition coefficient (Wildman–Crippen LogP) is 16.4. The van der Waals surface area contributed by atoms with Gasteiger partial charge in [-0.05, 0) is 162 Å². The summed E-state index contributed by atoms with van der Waals surface area (Å²) in [5.41, 5.74) is 7.44. The summed E-state index contributed by atoms with van der Waals surface area (Å²) < 4.78 is 77.0. The number of aromatic hydroxyl groups is 2. The minimum Gasteiger partial charge on any atom is -0.492 e. The average molecular weight is 2000 g/mol. The largest absolute Gasteiger partial charge is 0.492 e. The van der Waals surface area contributed by atoms with E-state index in [1.807, 2.05) is 161 Å². The molecular formula is C103H109N17O20S3. The second-order valence-electron chi connectivity index (χ2n) is 35.1. The first-order chi connectivity index (χ1) is 69.7. The highest BCUT2D eigenvalue weighted by atomic mass is 32.1. The number of nitrogens with one attached hydrogen (secondary N) is 1. The fourth-order valence-corrected chi connectivity index (χ4v) is 19.6. The number of rotatable bonds is 50. The molecule has 18 rings (SSSR count). The lowest BCUT2D eigenvalue weighted by atomic mass is 10.1. The second kappa shape index (κ2) is 46.6. The molecule has 37 nitrogen and oxygen atoms in total. The number of benzene rings is 8. The van der Waals surface area contributed by atoms with E-state index in [1.165, 1.54) is 58.3 Å². The number of thiazole rings is 3. The molecule has 10 heterocycles. The number of ether oxygens (including phenoxy) is 9. The molecule has 8 aromatic carbocycles. The summed E-state index contributed by atoms with van der Waals surface area (Å²) in [7, 11) is 0. The third-order valence-electron chi connectivity index (χ3n) is 24.0. The zero-order chi connectivity index (χ0) is 98.8. The Morgan fingerprint density at radius 3 is 1.10 bits per heavy atom. The van der Waals surface area contributed by atoms with Crippen molar-refractivity contribution in [2.24, 2.45) is 31.0 Å². The maximum atomic E-state index is 14.4. The number of hydrogen-bond donors (Lipinski definition) is 3. The maximum Gasteiger partial charge on any atom is 0.363 e. The molecule has 0 bridgehead atoms. The van der Waals surface area contributed by atoms with Crippen LogP contribution in [0.5, 0.6) is 29.0 Å². The van der Waals surface area contributed by atoms with E-state index < -0.39 is 40.5 Å². The molecule has 0 aliphatic carbocycles. The molecule has 15 aromatic rings. The van der Waals surface area contributed by atoms with E-state index in [2.05, 4.69) is 92.6 Å². The Labute approximate surface area is 832 Å². The van der Waals surface area contributed by atoms with Gasteiger partial charge in [0.1, 0.15) is 69.7 Å². The lowest BCUT2D eigenvalue weighted by Gasteiger charge is -2.30. The SMILES string of the molecule is CC(C)N(CC1CN(CCOCCOCCOc2cc(C(=O)NCc3ccc(C(=O)On4c(O)ccc4O)cc3)cc(OCCOCCOCCN3CC(CN(c4ccc5cc(-c6nc7ccccc7s6)c(=O)oc5c4)C(C)C)N=N3)c2OCCOCCOCCN2CC(CN(c3ccc4cc(-c5nc6ccccc6s5)c(=O)oc4c3)C(C)C)N=N2)N=N1)c1ccc2cc(-c3nc4ccccc4s3)c(=O)oc2c1. The van der Waals surface area contributed by atoms with Gasteiger partial charge in [0, 0.05) is 113 Å². The Hall–Kier alpha value is -14.4. The minimum absolute atomic E-state index is 0.0122. The first kappa shape index (κ1) is 98.8. The highest BCUT2D eigenvalue weighted by Gasteiger charge is 2.31. The van der Waals surface area contributed by atoms with Gasteiger partial charge in [-0.2, -0.15) is 15.3 Å². The van der Waals surface area contributed by atoms with Crippen LogP contribution in [-0.2, 0) is 35.0 Å². The van der Waals surface area contributed by atoms with E-state index in [0.717, 1.165) is 63.9 Å². The molecule has 1 amide bonds. The zero-order valence-electron chi connectivity index (χ0n) is 79.7. The Kier molecular flexibility index (Phi) is 32.2. The minimum atomic E-state index is -0.852. The summed E-state index contributed by atoms with van der Waals surface area (Å²) >= 11 is 4.37. The average Bonchev–Trinajstić information content (AvgIpc) is 1.69. The van der Waals surface area contributed by atoms with Crippen molar-refractivity contribution < 1.29 is 80.5 Å². The van der Waals surface area contributed by atoms with Crippen LogP contribution in [0.25, 0.3) is 95.3 Å². The molecule has 744 valence electrons. The van der Waals surface area contributed by atoms with E-state index in [4.69, 9.17) is 75.7 Å². The summed E-state index contributed by atoms with van der Waals surface area (Å²) in [5.74, 6) is -1.79. The predicted molar refractivity (Wildman–Crippen MR) is 546 cm³/mol.